The lowest BCUT2D eigenvalue weighted by atomic mass is 10.2. The highest BCUT2D eigenvalue weighted by Crippen LogP contribution is 2.18. The molecule has 0 aliphatic rings. The van der Waals surface area contributed by atoms with Crippen LogP contribution < -0.4 is 21.9 Å². The minimum atomic E-state index is -0.893. The van der Waals surface area contributed by atoms with E-state index < -0.39 is 23.2 Å². The average Bonchev–Trinajstić information content (AvgIpc) is 2.59. The molecule has 2 aromatic rings. The summed E-state index contributed by atoms with van der Waals surface area (Å²) in [5.41, 5.74) is 5.48. The molecule has 2 amide bonds. The number of hydrogen-bond donors (Lipinski definition) is 4. The zero-order chi connectivity index (χ0) is 22.5. The predicted molar refractivity (Wildman–Crippen MR) is 115 cm³/mol. The molecule has 0 unspecified atom stereocenters. The maximum atomic E-state index is 12.4. The first-order chi connectivity index (χ1) is 14.0. The van der Waals surface area contributed by atoms with Gasteiger partial charge in [0.1, 0.15) is 11.2 Å². The molecule has 0 saturated carbocycles. The fourth-order valence-corrected chi connectivity index (χ4v) is 2.51. The van der Waals surface area contributed by atoms with Crippen molar-refractivity contribution < 1.29 is 14.3 Å². The normalized spacial score (nSPS) is 11.0. The number of carbonyl (C=O) groups is 2. The Morgan fingerprint density at radius 1 is 1.30 bits per heavy atom. The Morgan fingerprint density at radius 2 is 2.00 bits per heavy atom. The highest BCUT2D eigenvalue weighted by molar-refractivity contribution is 5.98. The molecule has 0 bridgehead atoms. The van der Waals surface area contributed by atoms with Gasteiger partial charge < -0.3 is 26.0 Å². The maximum Gasteiger partial charge on any atom is 0.410 e. The lowest BCUT2D eigenvalue weighted by Gasteiger charge is -2.24. The second-order valence-electron chi connectivity index (χ2n) is 7.83. The van der Waals surface area contributed by atoms with Crippen LogP contribution in [0.5, 0.6) is 0 Å². The van der Waals surface area contributed by atoms with Crippen LogP contribution in [0.2, 0.25) is 0 Å². The van der Waals surface area contributed by atoms with Crippen LogP contribution in [-0.4, -0.2) is 52.6 Å². The van der Waals surface area contributed by atoms with Crippen LogP contribution in [0.25, 0.3) is 0 Å². The van der Waals surface area contributed by atoms with E-state index in [1.165, 1.54) is 4.90 Å². The number of aromatic amines is 1. The molecule has 5 N–H and O–H groups in total. The topological polar surface area (TPSA) is 142 Å². The third kappa shape index (κ3) is 6.50. The Balaban J connectivity index is 2.14. The predicted octanol–water partition coefficient (Wildman–Crippen LogP) is 2.20. The lowest BCUT2D eigenvalue weighted by molar-refractivity contribution is 0.0305. The van der Waals surface area contributed by atoms with Crippen LogP contribution in [0.1, 0.15) is 36.7 Å². The van der Waals surface area contributed by atoms with E-state index in [2.05, 4.69) is 20.6 Å². The summed E-state index contributed by atoms with van der Waals surface area (Å²) in [6.07, 6.45) is -0.461. The van der Waals surface area contributed by atoms with Gasteiger partial charge in [-0.15, -0.1) is 0 Å². The molecule has 0 atom stereocenters. The molecule has 0 saturated heterocycles. The molecular formula is C20H28N6O4. The van der Waals surface area contributed by atoms with E-state index in [4.69, 9.17) is 10.5 Å². The van der Waals surface area contributed by atoms with Crippen molar-refractivity contribution in [1.29, 1.82) is 0 Å². The number of nitrogens with two attached hydrogens (primary N) is 1. The summed E-state index contributed by atoms with van der Waals surface area (Å²) < 4.78 is 5.28. The monoisotopic (exact) mass is 416 g/mol. The molecule has 0 radical (unpaired) electrons. The quantitative estimate of drug-likeness (QED) is 0.542. The summed E-state index contributed by atoms with van der Waals surface area (Å²) in [5.74, 6) is -0.715. The second-order valence-corrected chi connectivity index (χ2v) is 7.83. The second kappa shape index (κ2) is 9.29. The van der Waals surface area contributed by atoms with Crippen molar-refractivity contribution in [1.82, 2.24) is 14.9 Å². The Kier molecular flexibility index (Phi) is 7.04. The summed E-state index contributed by atoms with van der Waals surface area (Å²) in [5, 5.41) is 5.89. The molecule has 1 aromatic heterocycles. The van der Waals surface area contributed by atoms with Gasteiger partial charge in [-0.25, -0.2) is 4.79 Å². The number of H-pyrrole nitrogens is 1. The van der Waals surface area contributed by atoms with Crippen molar-refractivity contribution in [2.24, 2.45) is 5.73 Å². The zero-order valence-corrected chi connectivity index (χ0v) is 17.8. The SMILES string of the molecule is Cc1cccc(Nc2nc(NCCN(C)C(=O)OC(C)(C)C)[nH]c(=O)c2C(N)=O)c1. The summed E-state index contributed by atoms with van der Waals surface area (Å²) in [7, 11) is 1.60. The Hall–Kier alpha value is -3.56. The number of carbonyl (C=O) groups excluding carboxylic acids is 2. The van der Waals surface area contributed by atoms with E-state index in [0.717, 1.165) is 5.56 Å². The zero-order valence-electron chi connectivity index (χ0n) is 17.8. The van der Waals surface area contributed by atoms with Crippen LogP contribution in [0, 0.1) is 6.92 Å². The Morgan fingerprint density at radius 3 is 2.60 bits per heavy atom. The molecular weight excluding hydrogens is 388 g/mol. The van der Waals surface area contributed by atoms with Gasteiger partial charge in [0.05, 0.1) is 0 Å². The van der Waals surface area contributed by atoms with E-state index in [1.807, 2.05) is 25.1 Å². The summed E-state index contributed by atoms with van der Waals surface area (Å²) in [6, 6.07) is 7.38. The number of likely N-dealkylation sites (N-methyl/N-ethyl adjacent to an activating group) is 1. The summed E-state index contributed by atoms with van der Waals surface area (Å²) >= 11 is 0. The number of nitrogens with zero attached hydrogens (tertiary/aromatic N) is 2. The van der Waals surface area contributed by atoms with Crippen molar-refractivity contribution in [3.05, 3.63) is 45.7 Å². The number of hydrogen-bond acceptors (Lipinski definition) is 7. The summed E-state index contributed by atoms with van der Waals surface area (Å²) in [4.78, 5) is 44.3. The third-order valence-electron chi connectivity index (χ3n) is 3.89. The van der Waals surface area contributed by atoms with Gasteiger partial charge in [-0.05, 0) is 45.4 Å². The first-order valence-electron chi connectivity index (χ1n) is 9.42. The molecule has 30 heavy (non-hydrogen) atoms. The fourth-order valence-electron chi connectivity index (χ4n) is 2.51. The fraction of sp³-hybridized carbons (Fsp3) is 0.400. The van der Waals surface area contributed by atoms with Gasteiger partial charge in [0.15, 0.2) is 5.82 Å². The summed E-state index contributed by atoms with van der Waals surface area (Å²) in [6.45, 7) is 7.87. The number of rotatable bonds is 7. The van der Waals surface area contributed by atoms with E-state index in [1.54, 1.807) is 33.9 Å². The average molecular weight is 416 g/mol. The van der Waals surface area contributed by atoms with Crippen LogP contribution >= 0.6 is 0 Å². The number of benzene rings is 1. The molecule has 10 nitrogen and oxygen atoms in total. The highest BCUT2D eigenvalue weighted by atomic mass is 16.6. The van der Waals surface area contributed by atoms with E-state index >= 15 is 0 Å². The number of anilines is 3. The van der Waals surface area contributed by atoms with Gasteiger partial charge in [0.2, 0.25) is 5.95 Å². The van der Waals surface area contributed by atoms with Crippen LogP contribution in [0.4, 0.5) is 22.2 Å². The van der Waals surface area contributed by atoms with Gasteiger partial charge in [-0.3, -0.25) is 14.6 Å². The first kappa shape index (κ1) is 22.7. The van der Waals surface area contributed by atoms with Crippen molar-refractivity contribution in [3.8, 4) is 0 Å². The third-order valence-corrected chi connectivity index (χ3v) is 3.89. The van der Waals surface area contributed by atoms with E-state index in [9.17, 15) is 14.4 Å². The van der Waals surface area contributed by atoms with Gasteiger partial charge >= 0.3 is 6.09 Å². The molecule has 0 fully saturated rings. The number of aryl methyl sites for hydroxylation is 1. The number of primary amides is 1. The first-order valence-corrected chi connectivity index (χ1v) is 9.42. The lowest BCUT2D eigenvalue weighted by Crippen LogP contribution is -2.37. The molecule has 0 aliphatic heterocycles. The number of nitrogens with one attached hydrogen (secondary N) is 3. The smallest absolute Gasteiger partial charge is 0.410 e. The van der Waals surface area contributed by atoms with Crippen molar-refractivity contribution in [2.75, 3.05) is 30.8 Å². The molecule has 1 heterocycles. The van der Waals surface area contributed by atoms with Gasteiger partial charge in [-0.1, -0.05) is 12.1 Å². The van der Waals surface area contributed by atoms with E-state index in [0.29, 0.717) is 18.8 Å². The maximum absolute atomic E-state index is 12.4. The largest absolute Gasteiger partial charge is 0.444 e. The van der Waals surface area contributed by atoms with Crippen molar-refractivity contribution in [3.63, 3.8) is 0 Å². The van der Waals surface area contributed by atoms with Crippen molar-refractivity contribution >= 4 is 29.5 Å². The van der Waals surface area contributed by atoms with E-state index in [-0.39, 0.29) is 17.3 Å². The molecule has 0 aliphatic carbocycles. The van der Waals surface area contributed by atoms with Gasteiger partial charge in [-0.2, -0.15) is 4.98 Å². The molecule has 0 spiro atoms. The van der Waals surface area contributed by atoms with Crippen LogP contribution in [0.15, 0.2) is 29.1 Å². The standard InChI is InChI=1S/C20H28N6O4/c1-12-7-6-8-13(11-12)23-16-14(15(21)27)17(28)25-18(24-16)22-9-10-26(5)19(29)30-20(2,3)4/h6-8,11H,9-10H2,1-5H3,(H2,21,27)(H3,22,23,24,25,28). The molecule has 1 aromatic carbocycles. The Bertz CT molecular complexity index is 980. The van der Waals surface area contributed by atoms with Gasteiger partial charge in [0.25, 0.3) is 11.5 Å². The highest BCUT2D eigenvalue weighted by Gasteiger charge is 2.20. The number of aromatic nitrogens is 2. The molecule has 2 rings (SSSR count). The molecule has 10 heteroatoms. The van der Waals surface area contributed by atoms with Crippen molar-refractivity contribution in [2.45, 2.75) is 33.3 Å². The minimum absolute atomic E-state index is 0.0415. The number of amides is 2. The van der Waals surface area contributed by atoms with Gasteiger partial charge in [0, 0.05) is 25.8 Å². The minimum Gasteiger partial charge on any atom is -0.444 e. The van der Waals surface area contributed by atoms with Crippen LogP contribution in [0.3, 0.4) is 0 Å². The number of ether oxygens (including phenoxy) is 1. The van der Waals surface area contributed by atoms with Crippen LogP contribution in [-0.2, 0) is 4.74 Å². The Labute approximate surface area is 174 Å². The molecule has 162 valence electrons.